The first kappa shape index (κ1) is 22.5. The van der Waals surface area contributed by atoms with Crippen molar-refractivity contribution in [2.24, 2.45) is 5.92 Å². The van der Waals surface area contributed by atoms with Crippen LogP contribution in [0.25, 0.3) is 0 Å². The molecule has 6 nitrogen and oxygen atoms in total. The highest BCUT2D eigenvalue weighted by Crippen LogP contribution is 2.36. The third-order valence-corrected chi connectivity index (χ3v) is 5.89. The zero-order valence-corrected chi connectivity index (χ0v) is 17.2. The van der Waals surface area contributed by atoms with Crippen LogP contribution in [0.4, 0.5) is 0 Å². The van der Waals surface area contributed by atoms with Gasteiger partial charge in [0.15, 0.2) is 5.78 Å². The standard InChI is InChI=1S/C16H20O4.C6H13NO/c1-10-6-7-12(9-11(10)2)14(17)16(20)8-4-3-5-13(16)15(18)19;1-2-7-3-5-8-6-4-7/h6-7,9,13,20H,3-5,8H2,1-2H3,(H,18,19);2-6H2,1H3. The van der Waals surface area contributed by atoms with Gasteiger partial charge in [0.1, 0.15) is 5.60 Å². The third kappa shape index (κ3) is 5.40. The predicted molar refractivity (Wildman–Crippen MR) is 108 cm³/mol. The molecule has 2 N–H and O–H groups in total. The van der Waals surface area contributed by atoms with Crippen LogP contribution in [0.15, 0.2) is 18.2 Å². The normalized spacial score (nSPS) is 25.5. The molecule has 1 heterocycles. The van der Waals surface area contributed by atoms with Gasteiger partial charge < -0.3 is 14.9 Å². The van der Waals surface area contributed by atoms with Gasteiger partial charge in [-0.3, -0.25) is 14.5 Å². The quantitative estimate of drug-likeness (QED) is 0.768. The molecule has 2 aliphatic rings. The molecule has 1 saturated carbocycles. The zero-order valence-electron chi connectivity index (χ0n) is 17.2. The molecule has 156 valence electrons. The van der Waals surface area contributed by atoms with Gasteiger partial charge in [0.05, 0.1) is 19.1 Å². The third-order valence-electron chi connectivity index (χ3n) is 5.89. The summed E-state index contributed by atoms with van der Waals surface area (Å²) in [5.41, 5.74) is 0.643. The first-order valence-electron chi connectivity index (χ1n) is 10.2. The molecule has 0 amide bonds. The lowest BCUT2D eigenvalue weighted by molar-refractivity contribution is -0.151. The monoisotopic (exact) mass is 391 g/mol. The number of carbonyl (C=O) groups is 2. The minimum atomic E-state index is -1.77. The van der Waals surface area contributed by atoms with Crippen molar-refractivity contribution in [2.45, 2.75) is 52.1 Å². The Bertz CT molecular complexity index is 684. The number of likely N-dealkylation sites (N-methyl/N-ethyl adjacent to an activating group) is 1. The summed E-state index contributed by atoms with van der Waals surface area (Å²) in [6.45, 7) is 11.3. The number of ketones is 1. The van der Waals surface area contributed by atoms with Crippen molar-refractivity contribution >= 4 is 11.8 Å². The van der Waals surface area contributed by atoms with E-state index in [9.17, 15) is 19.8 Å². The average Bonchev–Trinajstić information content (AvgIpc) is 2.70. The van der Waals surface area contributed by atoms with Gasteiger partial charge in [0, 0.05) is 18.7 Å². The van der Waals surface area contributed by atoms with Crippen molar-refractivity contribution in [1.29, 1.82) is 0 Å². The minimum absolute atomic E-state index is 0.218. The Labute approximate surface area is 167 Å². The predicted octanol–water partition coefficient (Wildman–Crippen LogP) is 2.83. The molecule has 1 aliphatic heterocycles. The second-order valence-corrected chi connectivity index (χ2v) is 7.74. The van der Waals surface area contributed by atoms with Crippen LogP contribution in [0.5, 0.6) is 0 Å². The van der Waals surface area contributed by atoms with Crippen LogP contribution in [0.2, 0.25) is 0 Å². The van der Waals surface area contributed by atoms with Gasteiger partial charge in [0.2, 0.25) is 0 Å². The molecule has 2 unspecified atom stereocenters. The lowest BCUT2D eigenvalue weighted by Crippen LogP contribution is -2.51. The van der Waals surface area contributed by atoms with Crippen molar-refractivity contribution in [3.63, 3.8) is 0 Å². The van der Waals surface area contributed by atoms with E-state index in [1.807, 2.05) is 19.9 Å². The van der Waals surface area contributed by atoms with Crippen LogP contribution in [0, 0.1) is 19.8 Å². The summed E-state index contributed by atoms with van der Waals surface area (Å²) in [7, 11) is 0. The Morgan fingerprint density at radius 3 is 2.39 bits per heavy atom. The number of aryl methyl sites for hydroxylation is 2. The van der Waals surface area contributed by atoms with Gasteiger partial charge in [-0.25, -0.2) is 0 Å². The van der Waals surface area contributed by atoms with Crippen molar-refractivity contribution < 1.29 is 24.5 Å². The summed E-state index contributed by atoms with van der Waals surface area (Å²) in [5.74, 6) is -2.57. The minimum Gasteiger partial charge on any atom is -0.481 e. The summed E-state index contributed by atoms with van der Waals surface area (Å²) < 4.78 is 5.16. The Morgan fingerprint density at radius 1 is 1.18 bits per heavy atom. The smallest absolute Gasteiger partial charge is 0.309 e. The number of nitrogens with zero attached hydrogens (tertiary/aromatic N) is 1. The van der Waals surface area contributed by atoms with Crippen molar-refractivity contribution in [3.05, 3.63) is 34.9 Å². The Balaban J connectivity index is 0.000000292. The maximum absolute atomic E-state index is 12.6. The molecule has 2 fully saturated rings. The van der Waals surface area contributed by atoms with Crippen LogP contribution >= 0.6 is 0 Å². The Hall–Kier alpha value is -1.76. The van der Waals surface area contributed by atoms with Gasteiger partial charge in [-0.1, -0.05) is 31.9 Å². The van der Waals surface area contributed by atoms with Crippen molar-refractivity contribution in [2.75, 3.05) is 32.8 Å². The second-order valence-electron chi connectivity index (χ2n) is 7.74. The topological polar surface area (TPSA) is 87.1 Å². The molecule has 1 saturated heterocycles. The van der Waals surface area contributed by atoms with E-state index in [4.69, 9.17) is 4.74 Å². The number of aliphatic carboxylic acids is 1. The lowest BCUT2D eigenvalue weighted by Gasteiger charge is -2.36. The summed E-state index contributed by atoms with van der Waals surface area (Å²) in [6, 6.07) is 5.21. The number of aliphatic hydroxyl groups is 1. The number of hydrogen-bond donors (Lipinski definition) is 2. The molecule has 0 aromatic heterocycles. The van der Waals surface area contributed by atoms with E-state index in [2.05, 4.69) is 11.8 Å². The van der Waals surface area contributed by atoms with Crippen LogP contribution in [0.1, 0.15) is 54.1 Å². The molecule has 1 aromatic rings. The number of carboxylic acids is 1. The highest BCUT2D eigenvalue weighted by molar-refractivity contribution is 6.04. The summed E-state index contributed by atoms with van der Waals surface area (Å²) in [5, 5.41) is 19.9. The molecule has 1 aromatic carbocycles. The van der Waals surface area contributed by atoms with Gasteiger partial charge >= 0.3 is 5.97 Å². The molecule has 2 atom stereocenters. The largest absolute Gasteiger partial charge is 0.481 e. The number of carboxylic acid groups (broad SMARTS) is 1. The van der Waals surface area contributed by atoms with Gasteiger partial charge in [-0.2, -0.15) is 0 Å². The number of carbonyl (C=O) groups excluding carboxylic acids is 1. The van der Waals surface area contributed by atoms with Crippen LogP contribution in [0.3, 0.4) is 0 Å². The van der Waals surface area contributed by atoms with Gasteiger partial charge in [-0.05, 0) is 50.4 Å². The van der Waals surface area contributed by atoms with Crippen LogP contribution in [-0.2, 0) is 9.53 Å². The summed E-state index contributed by atoms with van der Waals surface area (Å²) in [6.07, 6.45) is 1.98. The lowest BCUT2D eigenvalue weighted by atomic mass is 9.71. The fourth-order valence-corrected chi connectivity index (χ4v) is 3.81. The molecule has 3 rings (SSSR count). The number of Topliss-reactive ketones (excluding diaryl/α,β-unsaturated/α-hetero) is 1. The van der Waals surface area contributed by atoms with E-state index in [0.717, 1.165) is 43.9 Å². The van der Waals surface area contributed by atoms with E-state index < -0.39 is 23.3 Å². The SMILES string of the molecule is CCN1CCOCC1.Cc1ccc(C(=O)C2(O)CCCCC2C(=O)O)cc1C. The number of ether oxygens (including phenoxy) is 1. The Morgan fingerprint density at radius 2 is 1.86 bits per heavy atom. The van der Waals surface area contributed by atoms with Crippen molar-refractivity contribution in [3.8, 4) is 0 Å². The molecule has 0 bridgehead atoms. The van der Waals surface area contributed by atoms with E-state index in [1.165, 1.54) is 6.54 Å². The van der Waals surface area contributed by atoms with E-state index in [1.54, 1.807) is 12.1 Å². The molecule has 0 radical (unpaired) electrons. The van der Waals surface area contributed by atoms with Gasteiger partial charge in [-0.15, -0.1) is 0 Å². The fraction of sp³-hybridized carbons (Fsp3) is 0.636. The van der Waals surface area contributed by atoms with Crippen LogP contribution < -0.4 is 0 Å². The number of hydrogen-bond acceptors (Lipinski definition) is 5. The molecule has 28 heavy (non-hydrogen) atoms. The maximum atomic E-state index is 12.6. The number of rotatable bonds is 4. The molecule has 1 aliphatic carbocycles. The maximum Gasteiger partial charge on any atom is 0.309 e. The second kappa shape index (κ2) is 10.1. The number of benzene rings is 1. The average molecular weight is 392 g/mol. The van der Waals surface area contributed by atoms with Crippen molar-refractivity contribution in [1.82, 2.24) is 4.90 Å². The van der Waals surface area contributed by atoms with E-state index in [-0.39, 0.29) is 6.42 Å². The Kier molecular flexibility index (Phi) is 8.16. The van der Waals surface area contributed by atoms with Crippen LogP contribution in [-0.4, -0.2) is 65.3 Å². The highest BCUT2D eigenvalue weighted by atomic mass is 16.5. The highest BCUT2D eigenvalue weighted by Gasteiger charge is 2.49. The summed E-state index contributed by atoms with van der Waals surface area (Å²) >= 11 is 0. The molecule has 6 heteroatoms. The molecule has 0 spiro atoms. The fourth-order valence-electron chi connectivity index (χ4n) is 3.81. The van der Waals surface area contributed by atoms with Gasteiger partial charge in [0.25, 0.3) is 0 Å². The van der Waals surface area contributed by atoms with E-state index in [0.29, 0.717) is 18.4 Å². The molecular weight excluding hydrogens is 358 g/mol. The van der Waals surface area contributed by atoms with E-state index >= 15 is 0 Å². The first-order chi connectivity index (χ1) is 13.3. The number of morpholine rings is 1. The first-order valence-corrected chi connectivity index (χ1v) is 10.2. The molecular formula is C22H33NO5. The summed E-state index contributed by atoms with van der Waals surface area (Å²) in [4.78, 5) is 26.3. The zero-order chi connectivity index (χ0) is 20.7.